The first-order valence-electron chi connectivity index (χ1n) is 6.17. The average molecular weight is 297 g/mol. The average Bonchev–Trinajstić information content (AvgIpc) is 2.44. The van der Waals surface area contributed by atoms with Gasteiger partial charge >= 0.3 is 0 Å². The molecule has 0 radical (unpaired) electrons. The minimum Gasteiger partial charge on any atom is -0.396 e. The van der Waals surface area contributed by atoms with Crippen molar-refractivity contribution in [3.63, 3.8) is 0 Å². The van der Waals surface area contributed by atoms with E-state index in [0.29, 0.717) is 0 Å². The van der Waals surface area contributed by atoms with Gasteiger partial charge in [-0.15, -0.1) is 0 Å². The molecule has 112 valence electrons. The molecule has 1 atom stereocenters. The van der Waals surface area contributed by atoms with Crippen LogP contribution in [0, 0.1) is 11.6 Å². The first-order chi connectivity index (χ1) is 9.82. The van der Waals surface area contributed by atoms with Crippen LogP contribution in [-0.4, -0.2) is 35.7 Å². The van der Waals surface area contributed by atoms with Gasteiger partial charge < -0.3 is 11.1 Å². The number of amides is 3. The number of piperidine rings is 1. The molecule has 0 bridgehead atoms. The number of likely N-dealkylation sites (tertiary alicyclic amines) is 1. The summed E-state index contributed by atoms with van der Waals surface area (Å²) in [4.78, 5) is 35.9. The van der Waals surface area contributed by atoms with Crippen LogP contribution in [0.5, 0.6) is 0 Å². The molecule has 1 aliphatic rings. The minimum absolute atomic E-state index is 0.0646. The molecule has 0 aromatic heterocycles. The van der Waals surface area contributed by atoms with E-state index in [0.717, 1.165) is 17.0 Å². The molecule has 3 N–H and O–H groups in total. The Morgan fingerprint density at radius 3 is 2.71 bits per heavy atom. The highest BCUT2D eigenvalue weighted by atomic mass is 19.1. The summed E-state index contributed by atoms with van der Waals surface area (Å²) >= 11 is 0. The van der Waals surface area contributed by atoms with Crippen molar-refractivity contribution in [3.05, 3.63) is 29.3 Å². The highest BCUT2D eigenvalue weighted by molar-refractivity contribution is 6.04. The number of nitrogen functional groups attached to an aromatic ring is 1. The lowest BCUT2D eigenvalue weighted by atomic mass is 10.0. The van der Waals surface area contributed by atoms with Crippen LogP contribution in [0.2, 0.25) is 0 Å². The number of imide groups is 1. The molecular formula is C13H13F2N3O3. The number of carbonyl (C=O) groups is 3. The quantitative estimate of drug-likeness (QED) is 0.611. The zero-order chi connectivity index (χ0) is 15.7. The number of hydrogen-bond acceptors (Lipinski definition) is 4. The Labute approximate surface area is 118 Å². The fourth-order valence-electron chi connectivity index (χ4n) is 2.06. The van der Waals surface area contributed by atoms with Crippen molar-refractivity contribution in [1.29, 1.82) is 0 Å². The normalized spacial score (nSPS) is 18.8. The molecule has 1 saturated heterocycles. The van der Waals surface area contributed by atoms with Gasteiger partial charge in [0.25, 0.3) is 11.8 Å². The van der Waals surface area contributed by atoms with Gasteiger partial charge in [0.05, 0.1) is 5.69 Å². The third-order valence-electron chi connectivity index (χ3n) is 3.30. The van der Waals surface area contributed by atoms with Crippen molar-refractivity contribution >= 4 is 23.4 Å². The Hall–Kier alpha value is -2.51. The van der Waals surface area contributed by atoms with Gasteiger partial charge in [-0.2, -0.15) is 0 Å². The third-order valence-corrected chi connectivity index (χ3v) is 3.30. The highest BCUT2D eigenvalue weighted by Gasteiger charge is 2.34. The lowest BCUT2D eigenvalue weighted by molar-refractivity contribution is -0.147. The van der Waals surface area contributed by atoms with Crippen LogP contribution >= 0.6 is 0 Å². The predicted octanol–water partition coefficient (Wildman–Crippen LogP) is 0.424. The van der Waals surface area contributed by atoms with E-state index in [9.17, 15) is 23.2 Å². The molecule has 2 rings (SSSR count). The number of rotatable bonds is 2. The van der Waals surface area contributed by atoms with Crippen molar-refractivity contribution in [1.82, 2.24) is 10.2 Å². The first kappa shape index (κ1) is 14.9. The van der Waals surface area contributed by atoms with Gasteiger partial charge in [0, 0.05) is 13.5 Å². The molecule has 0 aliphatic carbocycles. The fourth-order valence-corrected chi connectivity index (χ4v) is 2.06. The number of nitrogens with zero attached hydrogens (tertiary/aromatic N) is 1. The van der Waals surface area contributed by atoms with Crippen molar-refractivity contribution in [2.24, 2.45) is 0 Å². The van der Waals surface area contributed by atoms with E-state index in [1.165, 1.54) is 7.05 Å². The maximum atomic E-state index is 13.7. The Morgan fingerprint density at radius 1 is 1.38 bits per heavy atom. The fraction of sp³-hybridized carbons (Fsp3) is 0.308. The number of halogens is 2. The maximum Gasteiger partial charge on any atom is 0.257 e. The van der Waals surface area contributed by atoms with E-state index < -0.39 is 35.1 Å². The minimum atomic E-state index is -1.18. The number of nitrogens with two attached hydrogens (primary N) is 1. The second-order valence-electron chi connectivity index (χ2n) is 4.68. The van der Waals surface area contributed by atoms with Gasteiger partial charge in [0.2, 0.25) is 5.91 Å². The second-order valence-corrected chi connectivity index (χ2v) is 4.68. The maximum absolute atomic E-state index is 13.7. The van der Waals surface area contributed by atoms with Crippen LogP contribution in [0.4, 0.5) is 14.5 Å². The summed E-state index contributed by atoms with van der Waals surface area (Å²) in [5.41, 5.74) is 4.07. The number of hydrogen-bond donors (Lipinski definition) is 2. The number of anilines is 1. The Kier molecular flexibility index (Phi) is 3.88. The molecule has 0 saturated carbocycles. The highest BCUT2D eigenvalue weighted by Crippen LogP contribution is 2.19. The van der Waals surface area contributed by atoms with Crippen molar-refractivity contribution in [3.8, 4) is 0 Å². The zero-order valence-corrected chi connectivity index (χ0v) is 11.2. The summed E-state index contributed by atoms with van der Waals surface area (Å²) in [5.74, 6) is -4.33. The van der Waals surface area contributed by atoms with E-state index in [2.05, 4.69) is 5.32 Å². The van der Waals surface area contributed by atoms with Gasteiger partial charge in [0.15, 0.2) is 5.82 Å². The van der Waals surface area contributed by atoms with Crippen LogP contribution in [0.15, 0.2) is 12.1 Å². The van der Waals surface area contributed by atoms with Crippen molar-refractivity contribution in [2.45, 2.75) is 18.9 Å². The topological polar surface area (TPSA) is 92.5 Å². The van der Waals surface area contributed by atoms with Gasteiger partial charge in [0.1, 0.15) is 17.4 Å². The number of nitrogens with one attached hydrogen (secondary N) is 1. The molecule has 1 unspecified atom stereocenters. The smallest absolute Gasteiger partial charge is 0.257 e. The second kappa shape index (κ2) is 5.47. The molecule has 0 spiro atoms. The van der Waals surface area contributed by atoms with E-state index in [1.807, 2.05) is 0 Å². The standard InChI is InChI=1S/C13H13F2N3O3/c1-18-9(19)5-4-8(13(18)21)17-12(20)10-6(14)2-3-7(16)11(10)15/h2-3,8H,4-5,16H2,1H3,(H,17,20). The molecule has 1 aliphatic heterocycles. The van der Waals surface area contributed by atoms with E-state index in [4.69, 9.17) is 5.73 Å². The lowest BCUT2D eigenvalue weighted by Gasteiger charge is -2.28. The molecule has 1 heterocycles. The van der Waals surface area contributed by atoms with Crippen LogP contribution < -0.4 is 11.1 Å². The molecule has 1 aromatic rings. The predicted molar refractivity (Wildman–Crippen MR) is 69.0 cm³/mol. The van der Waals surface area contributed by atoms with Crippen LogP contribution in [0.25, 0.3) is 0 Å². The number of carbonyl (C=O) groups excluding carboxylic acids is 3. The number of benzene rings is 1. The molecular weight excluding hydrogens is 284 g/mol. The number of likely N-dealkylation sites (N-methyl/N-ethyl adjacent to an activating group) is 1. The Balaban J connectivity index is 2.21. The zero-order valence-electron chi connectivity index (χ0n) is 11.2. The summed E-state index contributed by atoms with van der Waals surface area (Å²) in [7, 11) is 1.28. The summed E-state index contributed by atoms with van der Waals surface area (Å²) in [6.45, 7) is 0. The van der Waals surface area contributed by atoms with E-state index in [1.54, 1.807) is 0 Å². The van der Waals surface area contributed by atoms with E-state index in [-0.39, 0.29) is 24.4 Å². The molecule has 1 fully saturated rings. The Morgan fingerprint density at radius 2 is 2.05 bits per heavy atom. The summed E-state index contributed by atoms with van der Waals surface area (Å²) in [6.07, 6.45) is 0.147. The molecule has 1 aromatic carbocycles. The molecule has 3 amide bonds. The van der Waals surface area contributed by atoms with Crippen molar-refractivity contribution in [2.75, 3.05) is 12.8 Å². The van der Waals surface area contributed by atoms with Gasteiger partial charge in [-0.3, -0.25) is 19.3 Å². The summed E-state index contributed by atoms with van der Waals surface area (Å²) in [6, 6.07) is 0.867. The van der Waals surface area contributed by atoms with Crippen molar-refractivity contribution < 1.29 is 23.2 Å². The third kappa shape index (κ3) is 2.69. The van der Waals surface area contributed by atoms with Gasteiger partial charge in [-0.25, -0.2) is 8.78 Å². The van der Waals surface area contributed by atoms with Crippen LogP contribution in [0.3, 0.4) is 0 Å². The largest absolute Gasteiger partial charge is 0.396 e. The first-order valence-corrected chi connectivity index (χ1v) is 6.17. The SMILES string of the molecule is CN1C(=O)CCC(NC(=O)c2c(F)ccc(N)c2F)C1=O. The van der Waals surface area contributed by atoms with Crippen LogP contribution in [0.1, 0.15) is 23.2 Å². The monoisotopic (exact) mass is 297 g/mol. The molecule has 8 heteroatoms. The van der Waals surface area contributed by atoms with Gasteiger partial charge in [-0.05, 0) is 18.6 Å². The van der Waals surface area contributed by atoms with Crippen LogP contribution in [-0.2, 0) is 9.59 Å². The summed E-state index contributed by atoms with van der Waals surface area (Å²) in [5, 5.41) is 2.23. The lowest BCUT2D eigenvalue weighted by Crippen LogP contribution is -2.53. The van der Waals surface area contributed by atoms with Gasteiger partial charge in [-0.1, -0.05) is 0 Å². The Bertz CT molecular complexity index is 633. The molecule has 6 nitrogen and oxygen atoms in total. The summed E-state index contributed by atoms with van der Waals surface area (Å²) < 4.78 is 27.3. The molecule has 21 heavy (non-hydrogen) atoms. The van der Waals surface area contributed by atoms with E-state index >= 15 is 0 Å².